The second kappa shape index (κ2) is 4.02. The first kappa shape index (κ1) is 9.48. The van der Waals surface area contributed by atoms with Crippen LogP contribution in [0.2, 0.25) is 0 Å². The normalized spacial score (nSPS) is 15.9. The predicted octanol–water partition coefficient (Wildman–Crippen LogP) is 3.27. The van der Waals surface area contributed by atoms with Crippen molar-refractivity contribution >= 4 is 10.9 Å². The van der Waals surface area contributed by atoms with Gasteiger partial charge in [-0.1, -0.05) is 12.2 Å². The maximum atomic E-state index is 4.04. The van der Waals surface area contributed by atoms with Crippen LogP contribution in [0.25, 0.3) is 5.69 Å². The fourth-order valence-electron chi connectivity index (χ4n) is 1.72. The molecule has 0 amide bonds. The van der Waals surface area contributed by atoms with Crippen LogP contribution in [0.5, 0.6) is 0 Å². The average Bonchev–Trinajstić information content (AvgIpc) is 3.03. The molecule has 0 atom stereocenters. The third-order valence-electron chi connectivity index (χ3n) is 2.55. The van der Waals surface area contributed by atoms with Gasteiger partial charge in [-0.25, -0.2) is 4.98 Å². The number of hydrogen-bond donors (Lipinski definition) is 1. The van der Waals surface area contributed by atoms with Gasteiger partial charge in [-0.3, -0.25) is 0 Å². The summed E-state index contributed by atoms with van der Waals surface area (Å²) in [6.07, 6.45) is 9.80. The lowest BCUT2D eigenvalue weighted by molar-refractivity contribution is 1.05. The lowest BCUT2D eigenvalue weighted by Gasteiger charge is -2.11. The van der Waals surface area contributed by atoms with Crippen molar-refractivity contribution < 1.29 is 0 Å². The molecule has 0 N–H and O–H groups in total. The van der Waals surface area contributed by atoms with Crippen LogP contribution in [0.15, 0.2) is 70.9 Å². The van der Waals surface area contributed by atoms with Crippen molar-refractivity contribution in [1.29, 1.82) is 0 Å². The Morgan fingerprint density at radius 2 is 1.75 bits per heavy atom. The van der Waals surface area contributed by atoms with Crippen molar-refractivity contribution in [3.05, 3.63) is 66.0 Å². The quantitative estimate of drug-likeness (QED) is 0.781. The summed E-state index contributed by atoms with van der Waals surface area (Å²) < 4.78 is 2.01. The number of aromatic nitrogens is 2. The Kier molecular flexibility index (Phi) is 2.38. The van der Waals surface area contributed by atoms with Gasteiger partial charge in [-0.2, -0.15) is 10.9 Å². The van der Waals surface area contributed by atoms with E-state index in [9.17, 15) is 0 Å². The molecule has 0 saturated carbocycles. The Bertz CT molecular complexity index is 512. The highest BCUT2D eigenvalue weighted by Gasteiger charge is 2.03. The molecule has 2 heterocycles. The van der Waals surface area contributed by atoms with Gasteiger partial charge in [0.25, 0.3) is 0 Å². The predicted molar refractivity (Wildman–Crippen MR) is 69.1 cm³/mol. The van der Waals surface area contributed by atoms with E-state index in [2.05, 4.69) is 52.2 Å². The first-order valence-corrected chi connectivity index (χ1v) is 6.63. The summed E-state index contributed by atoms with van der Waals surface area (Å²) in [5, 5.41) is 4.53. The molecule has 0 radical (unpaired) electrons. The second-order valence-electron chi connectivity index (χ2n) is 3.58. The smallest absolute Gasteiger partial charge is 0.0991 e. The summed E-state index contributed by atoms with van der Waals surface area (Å²) in [5.41, 5.74) is 1.16. The van der Waals surface area contributed by atoms with Gasteiger partial charge < -0.3 is 4.57 Å². The minimum absolute atomic E-state index is 0.196. The Hall–Kier alpha value is -1.74. The van der Waals surface area contributed by atoms with E-state index in [0.29, 0.717) is 0 Å². The van der Waals surface area contributed by atoms with E-state index in [1.54, 1.807) is 6.20 Å². The number of imidazole rings is 1. The van der Waals surface area contributed by atoms with Crippen molar-refractivity contribution in [2.75, 3.05) is 0 Å². The number of benzene rings is 1. The zero-order valence-corrected chi connectivity index (χ0v) is 9.59. The molecule has 0 aliphatic carbocycles. The topological polar surface area (TPSA) is 17.8 Å². The zero-order valence-electron chi connectivity index (χ0n) is 8.69. The SMILES string of the molecule is C1=C[SH](c2ccc(-n3ccnc3)cc2)C=C1. The summed E-state index contributed by atoms with van der Waals surface area (Å²) in [6.45, 7) is 0. The monoisotopic (exact) mass is 228 g/mol. The van der Waals surface area contributed by atoms with E-state index in [-0.39, 0.29) is 10.9 Å². The third-order valence-corrected chi connectivity index (χ3v) is 4.44. The highest BCUT2D eigenvalue weighted by Crippen LogP contribution is 2.41. The Labute approximate surface area is 97.3 Å². The molecular weight excluding hydrogens is 216 g/mol. The minimum atomic E-state index is -0.196. The van der Waals surface area contributed by atoms with Crippen LogP contribution in [0.4, 0.5) is 0 Å². The molecule has 2 nitrogen and oxygen atoms in total. The molecule has 1 aliphatic heterocycles. The van der Waals surface area contributed by atoms with Crippen molar-refractivity contribution in [3.63, 3.8) is 0 Å². The molecule has 0 fully saturated rings. The van der Waals surface area contributed by atoms with E-state index in [1.165, 1.54) is 4.90 Å². The van der Waals surface area contributed by atoms with E-state index in [4.69, 9.17) is 0 Å². The van der Waals surface area contributed by atoms with Gasteiger partial charge >= 0.3 is 0 Å². The molecule has 2 aromatic rings. The molecule has 1 aromatic carbocycles. The minimum Gasteiger partial charge on any atom is -0.306 e. The molecule has 3 rings (SSSR count). The second-order valence-corrected chi connectivity index (χ2v) is 5.50. The maximum absolute atomic E-state index is 4.04. The zero-order chi connectivity index (χ0) is 10.8. The van der Waals surface area contributed by atoms with Gasteiger partial charge in [-0.05, 0) is 40.0 Å². The summed E-state index contributed by atoms with van der Waals surface area (Å²) in [4.78, 5) is 5.44. The summed E-state index contributed by atoms with van der Waals surface area (Å²) >= 11 is 0. The lowest BCUT2D eigenvalue weighted by atomic mass is 10.3. The van der Waals surface area contributed by atoms with Crippen LogP contribution in [-0.4, -0.2) is 9.55 Å². The van der Waals surface area contributed by atoms with Crippen molar-refractivity contribution in [2.24, 2.45) is 0 Å². The number of allylic oxidation sites excluding steroid dienone is 2. The fourth-order valence-corrected chi connectivity index (χ4v) is 3.22. The summed E-state index contributed by atoms with van der Waals surface area (Å²) in [5.74, 6) is 0. The van der Waals surface area contributed by atoms with Crippen molar-refractivity contribution in [1.82, 2.24) is 9.55 Å². The molecule has 0 spiro atoms. The number of nitrogens with zero attached hydrogens (tertiary/aromatic N) is 2. The van der Waals surface area contributed by atoms with Crippen LogP contribution in [-0.2, 0) is 0 Å². The van der Waals surface area contributed by atoms with E-state index < -0.39 is 0 Å². The highest BCUT2D eigenvalue weighted by molar-refractivity contribution is 8.22. The number of rotatable bonds is 2. The van der Waals surface area contributed by atoms with E-state index in [1.807, 2.05) is 17.1 Å². The van der Waals surface area contributed by atoms with Gasteiger partial charge in [-0.15, -0.1) is 0 Å². The molecule has 0 unspecified atom stereocenters. The molecule has 1 aromatic heterocycles. The largest absolute Gasteiger partial charge is 0.306 e. The van der Waals surface area contributed by atoms with Gasteiger partial charge in [0, 0.05) is 18.1 Å². The molecule has 16 heavy (non-hydrogen) atoms. The molecule has 1 aliphatic rings. The van der Waals surface area contributed by atoms with Crippen LogP contribution < -0.4 is 0 Å². The average molecular weight is 228 g/mol. The van der Waals surface area contributed by atoms with E-state index in [0.717, 1.165) is 5.69 Å². The molecular formula is C13H12N2S. The van der Waals surface area contributed by atoms with Crippen LogP contribution in [0.3, 0.4) is 0 Å². The van der Waals surface area contributed by atoms with Gasteiger partial charge in [0.05, 0.1) is 6.33 Å². The Morgan fingerprint density at radius 3 is 2.38 bits per heavy atom. The standard InChI is InChI=1S/C13H12N2S/c1-2-10-16(9-1)13-5-3-12(4-6-13)15-8-7-14-11-15/h1-11,16H. The summed E-state index contributed by atoms with van der Waals surface area (Å²) in [7, 11) is -0.196. The summed E-state index contributed by atoms with van der Waals surface area (Å²) in [6, 6.07) is 8.67. The number of hydrogen-bond acceptors (Lipinski definition) is 1. The molecule has 0 bridgehead atoms. The molecule has 3 heteroatoms. The van der Waals surface area contributed by atoms with E-state index >= 15 is 0 Å². The molecule has 0 saturated heterocycles. The Morgan fingerprint density at radius 1 is 1.00 bits per heavy atom. The fraction of sp³-hybridized carbons (Fsp3) is 0. The van der Waals surface area contributed by atoms with Crippen LogP contribution in [0, 0.1) is 0 Å². The molecule has 80 valence electrons. The Balaban J connectivity index is 1.90. The van der Waals surface area contributed by atoms with Gasteiger partial charge in [0.15, 0.2) is 0 Å². The van der Waals surface area contributed by atoms with Crippen LogP contribution >= 0.6 is 10.9 Å². The first-order valence-electron chi connectivity index (χ1n) is 5.15. The van der Waals surface area contributed by atoms with Crippen molar-refractivity contribution in [3.8, 4) is 5.69 Å². The van der Waals surface area contributed by atoms with Crippen molar-refractivity contribution in [2.45, 2.75) is 4.90 Å². The maximum Gasteiger partial charge on any atom is 0.0991 e. The third kappa shape index (κ3) is 1.70. The lowest BCUT2D eigenvalue weighted by Crippen LogP contribution is -1.89. The van der Waals surface area contributed by atoms with Gasteiger partial charge in [0.1, 0.15) is 0 Å². The highest BCUT2D eigenvalue weighted by atomic mass is 32.2. The first-order chi connectivity index (χ1) is 7.93. The van der Waals surface area contributed by atoms with Crippen LogP contribution in [0.1, 0.15) is 0 Å². The number of thiol groups is 1. The van der Waals surface area contributed by atoms with Gasteiger partial charge in [0.2, 0.25) is 0 Å².